The number of aliphatic hydroxyl groups is 2. The Morgan fingerprint density at radius 1 is 0.800 bits per heavy atom. The maximum absolute atomic E-state index is 9.67. The van der Waals surface area contributed by atoms with Crippen LogP contribution in [-0.4, -0.2) is 15.3 Å². The predicted octanol–water partition coefficient (Wildman–Crippen LogP) is 3.67. The normalized spacial score (nSPS) is 10.9. The Labute approximate surface area is 122 Å². The first-order valence-corrected chi connectivity index (χ1v) is 7.78. The summed E-state index contributed by atoms with van der Waals surface area (Å²) < 4.78 is 0. The molecule has 114 valence electrons. The number of hydrogen-bond acceptors (Lipinski definition) is 3. The van der Waals surface area contributed by atoms with Crippen LogP contribution in [0.1, 0.15) is 68.6 Å². The Morgan fingerprint density at radius 3 is 2.00 bits per heavy atom. The molecule has 0 atom stereocenters. The molecule has 3 heteroatoms. The van der Waals surface area contributed by atoms with Crippen LogP contribution < -0.4 is 0 Å². The van der Waals surface area contributed by atoms with Crippen LogP contribution in [0, 0.1) is 0 Å². The maximum Gasteiger partial charge on any atom is 0.121 e. The van der Waals surface area contributed by atoms with Gasteiger partial charge in [0.1, 0.15) is 5.75 Å². The molecule has 0 aliphatic carbocycles. The largest absolute Gasteiger partial charge is 0.508 e. The number of hydrogen-bond donors (Lipinski definition) is 3. The highest BCUT2D eigenvalue weighted by Gasteiger charge is 2.11. The van der Waals surface area contributed by atoms with Crippen molar-refractivity contribution >= 4 is 0 Å². The number of aromatic hydroxyl groups is 1. The molecule has 0 fully saturated rings. The van der Waals surface area contributed by atoms with Crippen LogP contribution in [0.5, 0.6) is 5.75 Å². The van der Waals surface area contributed by atoms with Gasteiger partial charge in [-0.15, -0.1) is 0 Å². The summed E-state index contributed by atoms with van der Waals surface area (Å²) in [6.07, 6.45) is 9.68. The molecule has 3 nitrogen and oxygen atoms in total. The summed E-state index contributed by atoms with van der Waals surface area (Å²) in [5.74, 6) is 0.0693. The molecule has 1 aromatic carbocycles. The molecule has 0 saturated carbocycles. The van der Waals surface area contributed by atoms with Crippen molar-refractivity contribution in [2.45, 2.75) is 71.5 Å². The molecular weight excluding hydrogens is 252 g/mol. The highest BCUT2D eigenvalue weighted by Crippen LogP contribution is 2.26. The highest BCUT2D eigenvalue weighted by molar-refractivity contribution is 5.43. The predicted molar refractivity (Wildman–Crippen MR) is 81.6 cm³/mol. The summed E-state index contributed by atoms with van der Waals surface area (Å²) >= 11 is 0. The Hall–Kier alpha value is -1.06. The third-order valence-electron chi connectivity index (χ3n) is 3.87. The molecule has 0 aliphatic rings. The second-order valence-electron chi connectivity index (χ2n) is 5.39. The van der Waals surface area contributed by atoms with Gasteiger partial charge in [-0.1, -0.05) is 51.5 Å². The topological polar surface area (TPSA) is 60.7 Å². The van der Waals surface area contributed by atoms with E-state index >= 15 is 0 Å². The fourth-order valence-electron chi connectivity index (χ4n) is 2.61. The van der Waals surface area contributed by atoms with Crippen LogP contribution in [0.2, 0.25) is 0 Å². The van der Waals surface area contributed by atoms with Gasteiger partial charge in [-0.25, -0.2) is 0 Å². The number of unbranched alkanes of at least 4 members (excludes halogenated alkanes) is 6. The zero-order valence-electron chi connectivity index (χ0n) is 12.6. The van der Waals surface area contributed by atoms with E-state index in [2.05, 4.69) is 6.92 Å². The van der Waals surface area contributed by atoms with Gasteiger partial charge in [-0.2, -0.15) is 0 Å². The minimum absolute atomic E-state index is 0.0693. The van der Waals surface area contributed by atoms with Gasteiger partial charge in [0.15, 0.2) is 0 Å². The summed E-state index contributed by atoms with van der Waals surface area (Å²) in [6.45, 7) is 1.86. The van der Waals surface area contributed by atoms with Gasteiger partial charge in [-0.05, 0) is 30.0 Å². The van der Waals surface area contributed by atoms with E-state index in [0.29, 0.717) is 11.1 Å². The van der Waals surface area contributed by atoms with E-state index in [1.54, 1.807) is 6.07 Å². The number of aryl methyl sites for hydroxylation is 1. The second-order valence-corrected chi connectivity index (χ2v) is 5.39. The van der Waals surface area contributed by atoms with Gasteiger partial charge in [0.2, 0.25) is 0 Å². The molecule has 0 radical (unpaired) electrons. The molecule has 0 heterocycles. The van der Waals surface area contributed by atoms with E-state index in [4.69, 9.17) is 0 Å². The molecule has 0 saturated heterocycles. The first-order valence-electron chi connectivity index (χ1n) is 7.78. The van der Waals surface area contributed by atoms with E-state index in [-0.39, 0.29) is 19.0 Å². The van der Waals surface area contributed by atoms with Crippen molar-refractivity contribution in [1.29, 1.82) is 0 Å². The fraction of sp³-hybridized carbons (Fsp3) is 0.647. The van der Waals surface area contributed by atoms with Crippen LogP contribution in [0.4, 0.5) is 0 Å². The van der Waals surface area contributed by atoms with Gasteiger partial charge >= 0.3 is 0 Å². The van der Waals surface area contributed by atoms with Crippen LogP contribution in [0.3, 0.4) is 0 Å². The van der Waals surface area contributed by atoms with Gasteiger partial charge in [-0.3, -0.25) is 0 Å². The van der Waals surface area contributed by atoms with Crippen LogP contribution >= 0.6 is 0 Å². The number of aliphatic hydroxyl groups excluding tert-OH is 2. The van der Waals surface area contributed by atoms with E-state index < -0.39 is 0 Å². The van der Waals surface area contributed by atoms with Gasteiger partial charge in [0.25, 0.3) is 0 Å². The van der Waals surface area contributed by atoms with Gasteiger partial charge in [0.05, 0.1) is 13.2 Å². The Kier molecular flexibility index (Phi) is 8.31. The molecule has 0 amide bonds. The lowest BCUT2D eigenvalue weighted by Gasteiger charge is -2.13. The molecule has 0 spiro atoms. The standard InChI is InChI=1S/C17H28O3/c1-2-3-4-5-6-7-8-9-14-10-11-17(20)16(13-19)15(14)12-18/h10-11,18-20H,2-9,12-13H2,1H3. The zero-order valence-corrected chi connectivity index (χ0v) is 12.6. The van der Waals surface area contributed by atoms with Crippen molar-refractivity contribution in [3.8, 4) is 5.75 Å². The zero-order chi connectivity index (χ0) is 14.8. The van der Waals surface area contributed by atoms with E-state index in [9.17, 15) is 15.3 Å². The fourth-order valence-corrected chi connectivity index (χ4v) is 2.61. The summed E-state index contributed by atoms with van der Waals surface area (Å²) in [4.78, 5) is 0. The lowest BCUT2D eigenvalue weighted by Crippen LogP contribution is -2.01. The van der Waals surface area contributed by atoms with E-state index in [0.717, 1.165) is 18.4 Å². The van der Waals surface area contributed by atoms with Crippen LogP contribution in [0.15, 0.2) is 12.1 Å². The third-order valence-corrected chi connectivity index (χ3v) is 3.87. The van der Waals surface area contributed by atoms with Crippen molar-refractivity contribution in [1.82, 2.24) is 0 Å². The van der Waals surface area contributed by atoms with Crippen molar-refractivity contribution in [3.05, 3.63) is 28.8 Å². The minimum Gasteiger partial charge on any atom is -0.508 e. The quantitative estimate of drug-likeness (QED) is 0.573. The molecule has 20 heavy (non-hydrogen) atoms. The Balaban J connectivity index is 2.44. The Bertz CT molecular complexity index is 388. The highest BCUT2D eigenvalue weighted by atomic mass is 16.3. The lowest BCUT2D eigenvalue weighted by molar-refractivity contribution is 0.254. The van der Waals surface area contributed by atoms with Crippen molar-refractivity contribution < 1.29 is 15.3 Å². The smallest absolute Gasteiger partial charge is 0.121 e. The monoisotopic (exact) mass is 280 g/mol. The second kappa shape index (κ2) is 9.78. The molecule has 3 N–H and O–H groups in total. The summed E-state index contributed by atoms with van der Waals surface area (Å²) in [5.41, 5.74) is 2.20. The SMILES string of the molecule is CCCCCCCCCc1ccc(O)c(CO)c1CO. The minimum atomic E-state index is -0.230. The van der Waals surface area contributed by atoms with Gasteiger partial charge < -0.3 is 15.3 Å². The molecule has 0 unspecified atom stereocenters. The van der Waals surface area contributed by atoms with Gasteiger partial charge in [0, 0.05) is 5.56 Å². The van der Waals surface area contributed by atoms with Crippen molar-refractivity contribution in [3.63, 3.8) is 0 Å². The first kappa shape index (κ1) is 17.0. The molecular formula is C17H28O3. The summed E-state index contributed by atoms with van der Waals surface area (Å²) in [7, 11) is 0. The van der Waals surface area contributed by atoms with Crippen LogP contribution in [-0.2, 0) is 19.6 Å². The van der Waals surface area contributed by atoms with Crippen LogP contribution in [0.25, 0.3) is 0 Å². The van der Waals surface area contributed by atoms with Crippen molar-refractivity contribution in [2.24, 2.45) is 0 Å². The maximum atomic E-state index is 9.67. The first-order chi connectivity index (χ1) is 9.74. The Morgan fingerprint density at radius 2 is 1.40 bits per heavy atom. The molecule has 0 bridgehead atoms. The lowest BCUT2D eigenvalue weighted by atomic mass is 9.96. The number of phenols is 1. The number of rotatable bonds is 10. The average Bonchev–Trinajstić information content (AvgIpc) is 2.47. The molecule has 1 aromatic rings. The summed E-state index contributed by atoms with van der Waals surface area (Å²) in [6, 6.07) is 3.47. The number of benzene rings is 1. The molecule has 0 aliphatic heterocycles. The van der Waals surface area contributed by atoms with E-state index in [1.807, 2.05) is 6.07 Å². The molecule has 1 rings (SSSR count). The van der Waals surface area contributed by atoms with Crippen molar-refractivity contribution in [2.75, 3.05) is 0 Å². The van der Waals surface area contributed by atoms with E-state index in [1.165, 1.54) is 38.5 Å². The third kappa shape index (κ3) is 5.14. The molecule has 0 aromatic heterocycles. The average molecular weight is 280 g/mol. The summed E-state index contributed by atoms with van der Waals surface area (Å²) in [5, 5.41) is 28.4.